The molecule has 6 heteroatoms. The van der Waals surface area contributed by atoms with Gasteiger partial charge in [0, 0.05) is 22.2 Å². The highest BCUT2D eigenvalue weighted by atomic mass is 35.5. The molecule has 1 fully saturated rings. The van der Waals surface area contributed by atoms with Gasteiger partial charge in [-0.25, -0.2) is 0 Å². The van der Waals surface area contributed by atoms with E-state index in [4.69, 9.17) is 28.3 Å². The highest BCUT2D eigenvalue weighted by Gasteiger charge is 2.33. The van der Waals surface area contributed by atoms with Crippen LogP contribution in [0.3, 0.4) is 0 Å². The molecule has 0 spiro atoms. The maximum atomic E-state index is 11.9. The second-order valence-corrected chi connectivity index (χ2v) is 5.83. The van der Waals surface area contributed by atoms with E-state index in [2.05, 4.69) is 5.32 Å². The summed E-state index contributed by atoms with van der Waals surface area (Å²) in [6.45, 7) is 0. The van der Waals surface area contributed by atoms with Crippen molar-refractivity contribution < 1.29 is 14.7 Å². The summed E-state index contributed by atoms with van der Waals surface area (Å²) in [5, 5.41) is 12.8. The zero-order valence-electron chi connectivity index (χ0n) is 11.2. The first kappa shape index (κ1) is 15.9. The van der Waals surface area contributed by atoms with Crippen LogP contribution in [-0.4, -0.2) is 23.0 Å². The Kier molecular flexibility index (Phi) is 5.26. The van der Waals surface area contributed by atoms with Crippen LogP contribution in [0.25, 0.3) is 6.08 Å². The van der Waals surface area contributed by atoms with Gasteiger partial charge >= 0.3 is 5.97 Å². The van der Waals surface area contributed by atoms with Crippen LogP contribution in [-0.2, 0) is 9.59 Å². The minimum absolute atomic E-state index is 0.305. The fourth-order valence-electron chi connectivity index (χ4n) is 2.46. The Morgan fingerprint density at radius 2 is 2.05 bits per heavy atom. The van der Waals surface area contributed by atoms with E-state index >= 15 is 0 Å². The Hall–Kier alpha value is -1.52. The minimum atomic E-state index is -0.859. The van der Waals surface area contributed by atoms with Crippen molar-refractivity contribution in [1.29, 1.82) is 0 Å². The molecule has 1 aliphatic rings. The topological polar surface area (TPSA) is 66.4 Å². The molecule has 112 valence electrons. The molecule has 21 heavy (non-hydrogen) atoms. The molecule has 0 bridgehead atoms. The second kappa shape index (κ2) is 6.96. The van der Waals surface area contributed by atoms with Crippen LogP contribution in [0.5, 0.6) is 0 Å². The number of amides is 1. The van der Waals surface area contributed by atoms with Gasteiger partial charge in [-0.3, -0.25) is 9.59 Å². The lowest BCUT2D eigenvalue weighted by atomic mass is 10.0. The van der Waals surface area contributed by atoms with Crippen molar-refractivity contribution in [2.24, 2.45) is 5.92 Å². The Morgan fingerprint density at radius 1 is 1.29 bits per heavy atom. The molecule has 2 atom stereocenters. The van der Waals surface area contributed by atoms with Crippen molar-refractivity contribution in [3.8, 4) is 0 Å². The van der Waals surface area contributed by atoms with Crippen molar-refractivity contribution in [1.82, 2.24) is 5.32 Å². The summed E-state index contributed by atoms with van der Waals surface area (Å²) in [5.41, 5.74) is 0.678. The molecule has 0 heterocycles. The van der Waals surface area contributed by atoms with Crippen molar-refractivity contribution in [2.45, 2.75) is 25.3 Å². The Bertz CT molecular complexity index is 586. The van der Waals surface area contributed by atoms with E-state index in [1.165, 1.54) is 6.08 Å². The molecule has 2 N–H and O–H groups in total. The molecule has 2 unspecified atom stereocenters. The van der Waals surface area contributed by atoms with Gasteiger partial charge in [0.15, 0.2) is 0 Å². The number of rotatable bonds is 4. The van der Waals surface area contributed by atoms with Crippen LogP contribution in [0.2, 0.25) is 10.0 Å². The molecular formula is C15H15Cl2NO3. The third kappa shape index (κ3) is 4.22. The van der Waals surface area contributed by atoms with Crippen LogP contribution in [0, 0.1) is 5.92 Å². The Labute approximate surface area is 132 Å². The van der Waals surface area contributed by atoms with E-state index in [-0.39, 0.29) is 11.9 Å². The van der Waals surface area contributed by atoms with Crippen molar-refractivity contribution in [3.05, 3.63) is 39.9 Å². The fraction of sp³-hybridized carbons (Fsp3) is 0.333. The van der Waals surface area contributed by atoms with E-state index < -0.39 is 11.9 Å². The highest BCUT2D eigenvalue weighted by molar-refractivity contribution is 6.35. The lowest BCUT2D eigenvalue weighted by Crippen LogP contribution is -2.39. The molecule has 2 rings (SSSR count). The van der Waals surface area contributed by atoms with E-state index in [1.54, 1.807) is 24.3 Å². The van der Waals surface area contributed by atoms with Crippen LogP contribution >= 0.6 is 23.2 Å². The van der Waals surface area contributed by atoms with Gasteiger partial charge in [0.25, 0.3) is 0 Å². The standard InChI is InChI=1S/C15H15Cl2NO3/c16-10-6-4-9(12(17)8-10)5-7-14(19)18-13-3-1-2-11(13)15(20)21/h4-8,11,13H,1-3H2,(H,18,19)(H,20,21). The van der Waals surface area contributed by atoms with Gasteiger partial charge in [0.2, 0.25) is 5.91 Å². The summed E-state index contributed by atoms with van der Waals surface area (Å²) in [6.07, 6.45) is 5.05. The zero-order chi connectivity index (χ0) is 15.4. The maximum absolute atomic E-state index is 11.9. The molecule has 1 aromatic carbocycles. The Balaban J connectivity index is 1.98. The quantitative estimate of drug-likeness (QED) is 0.833. The molecular weight excluding hydrogens is 313 g/mol. The van der Waals surface area contributed by atoms with Crippen molar-refractivity contribution in [3.63, 3.8) is 0 Å². The summed E-state index contributed by atoms with van der Waals surface area (Å²) >= 11 is 11.8. The first-order valence-electron chi connectivity index (χ1n) is 6.64. The number of carbonyl (C=O) groups is 2. The van der Waals surface area contributed by atoms with E-state index in [1.807, 2.05) is 0 Å². The van der Waals surface area contributed by atoms with Crippen molar-refractivity contribution in [2.75, 3.05) is 0 Å². The zero-order valence-corrected chi connectivity index (χ0v) is 12.7. The fourth-order valence-corrected chi connectivity index (χ4v) is 2.93. The van der Waals surface area contributed by atoms with Crippen LogP contribution in [0.1, 0.15) is 24.8 Å². The lowest BCUT2D eigenvalue weighted by molar-refractivity contribution is -0.142. The third-order valence-electron chi connectivity index (χ3n) is 3.54. The van der Waals surface area contributed by atoms with Gasteiger partial charge in [-0.15, -0.1) is 0 Å². The average Bonchev–Trinajstić information content (AvgIpc) is 2.86. The number of halogens is 2. The predicted molar refractivity (Wildman–Crippen MR) is 82.4 cm³/mol. The smallest absolute Gasteiger partial charge is 0.308 e. The summed E-state index contributed by atoms with van der Waals surface area (Å²) < 4.78 is 0. The van der Waals surface area contributed by atoms with Crippen LogP contribution in [0.4, 0.5) is 0 Å². The van der Waals surface area contributed by atoms with Gasteiger partial charge in [0.1, 0.15) is 0 Å². The predicted octanol–water partition coefficient (Wildman–Crippen LogP) is 3.38. The molecule has 0 aromatic heterocycles. The number of aliphatic carboxylic acids is 1. The number of hydrogen-bond acceptors (Lipinski definition) is 2. The molecule has 1 saturated carbocycles. The van der Waals surface area contributed by atoms with Crippen LogP contribution < -0.4 is 5.32 Å². The minimum Gasteiger partial charge on any atom is -0.481 e. The SMILES string of the molecule is O=C(C=Cc1ccc(Cl)cc1Cl)NC1CCCC1C(=O)O. The highest BCUT2D eigenvalue weighted by Crippen LogP contribution is 2.26. The molecule has 0 saturated heterocycles. The van der Waals surface area contributed by atoms with E-state index in [9.17, 15) is 9.59 Å². The van der Waals surface area contributed by atoms with Gasteiger partial charge in [0.05, 0.1) is 5.92 Å². The second-order valence-electron chi connectivity index (χ2n) is 4.99. The maximum Gasteiger partial charge on any atom is 0.308 e. The van der Waals surface area contributed by atoms with E-state index in [0.717, 1.165) is 6.42 Å². The molecule has 4 nitrogen and oxygen atoms in total. The van der Waals surface area contributed by atoms with Gasteiger partial charge in [-0.1, -0.05) is 35.7 Å². The molecule has 0 aliphatic heterocycles. The normalized spacial score (nSPS) is 21.6. The largest absolute Gasteiger partial charge is 0.481 e. The number of carboxylic acid groups (broad SMARTS) is 1. The number of carboxylic acids is 1. The number of nitrogens with one attached hydrogen (secondary N) is 1. The van der Waals surface area contributed by atoms with Gasteiger partial charge in [-0.2, -0.15) is 0 Å². The number of benzene rings is 1. The first-order chi connectivity index (χ1) is 9.97. The lowest BCUT2D eigenvalue weighted by Gasteiger charge is -2.16. The number of carbonyl (C=O) groups excluding carboxylic acids is 1. The molecule has 1 aliphatic carbocycles. The Morgan fingerprint density at radius 3 is 2.71 bits per heavy atom. The molecule has 1 amide bonds. The van der Waals surface area contributed by atoms with Crippen LogP contribution in [0.15, 0.2) is 24.3 Å². The summed E-state index contributed by atoms with van der Waals surface area (Å²) in [7, 11) is 0. The van der Waals surface area contributed by atoms with E-state index in [0.29, 0.717) is 28.5 Å². The van der Waals surface area contributed by atoms with Crippen molar-refractivity contribution >= 4 is 41.2 Å². The molecule has 0 radical (unpaired) electrons. The van der Waals surface area contributed by atoms with Gasteiger partial charge in [-0.05, 0) is 36.6 Å². The average molecular weight is 328 g/mol. The summed E-state index contributed by atoms with van der Waals surface area (Å²) in [6, 6.07) is 4.69. The monoisotopic (exact) mass is 327 g/mol. The summed E-state index contributed by atoms with van der Waals surface area (Å²) in [5.74, 6) is -1.68. The first-order valence-corrected chi connectivity index (χ1v) is 7.39. The van der Waals surface area contributed by atoms with Gasteiger partial charge < -0.3 is 10.4 Å². The number of hydrogen-bond donors (Lipinski definition) is 2. The summed E-state index contributed by atoms with van der Waals surface area (Å²) in [4.78, 5) is 22.9. The third-order valence-corrected chi connectivity index (χ3v) is 4.10. The molecule has 1 aromatic rings.